The van der Waals surface area contributed by atoms with Gasteiger partial charge in [0.25, 0.3) is 0 Å². The number of aryl methyl sites for hydroxylation is 1. The third kappa shape index (κ3) is 3.34. The molecule has 1 aromatic carbocycles. The van der Waals surface area contributed by atoms with Crippen molar-refractivity contribution in [2.45, 2.75) is 50.9 Å². The molecule has 5 heteroatoms. The van der Waals surface area contributed by atoms with Gasteiger partial charge in [-0.1, -0.05) is 41.4 Å². The van der Waals surface area contributed by atoms with Gasteiger partial charge < -0.3 is 4.74 Å². The predicted molar refractivity (Wildman–Crippen MR) is 115 cm³/mol. The number of hydrogen-bond acceptors (Lipinski definition) is 4. The van der Waals surface area contributed by atoms with E-state index in [1.165, 1.54) is 41.7 Å². The summed E-state index contributed by atoms with van der Waals surface area (Å²) in [5.41, 5.74) is 2.29. The summed E-state index contributed by atoms with van der Waals surface area (Å²) in [6.45, 7) is 1.92. The van der Waals surface area contributed by atoms with Crippen LogP contribution in [0.15, 0.2) is 36.4 Å². The van der Waals surface area contributed by atoms with E-state index in [0.717, 1.165) is 19.3 Å². The average molecular weight is 429 g/mol. The van der Waals surface area contributed by atoms with Crippen LogP contribution >= 0.6 is 22.9 Å². The number of carbonyl (C=O) groups excluding carboxylic acids is 2. The Hall–Kier alpha value is -1.65. The molecular weight excluding hydrogens is 404 g/mol. The Morgan fingerprint density at radius 2 is 1.76 bits per heavy atom. The molecule has 4 aliphatic rings. The molecule has 2 unspecified atom stereocenters. The topological polar surface area (TPSA) is 43.4 Å². The minimum atomic E-state index is -0.428. The highest BCUT2D eigenvalue weighted by Gasteiger charge is 2.61. The van der Waals surface area contributed by atoms with Crippen LogP contribution in [0.3, 0.4) is 0 Å². The van der Waals surface area contributed by atoms with Gasteiger partial charge in [0.15, 0.2) is 6.61 Å². The van der Waals surface area contributed by atoms with Crippen LogP contribution < -0.4 is 0 Å². The van der Waals surface area contributed by atoms with E-state index in [1.54, 1.807) is 12.1 Å². The SMILES string of the molecule is Cc1ccc(C23CC4CC(CC(C(=O)OCC(=O)c5ccc(Cl)s5)(C4)C2)C3)cc1. The quantitative estimate of drug-likeness (QED) is 0.435. The third-order valence-electron chi connectivity index (χ3n) is 7.34. The second-order valence-electron chi connectivity index (χ2n) is 9.49. The Kier molecular flexibility index (Phi) is 4.63. The summed E-state index contributed by atoms with van der Waals surface area (Å²) in [5.74, 6) is 0.820. The van der Waals surface area contributed by atoms with Crippen LogP contribution in [0.2, 0.25) is 4.34 Å². The first-order chi connectivity index (χ1) is 13.9. The summed E-state index contributed by atoms with van der Waals surface area (Å²) in [7, 11) is 0. The molecule has 4 saturated carbocycles. The van der Waals surface area contributed by atoms with Crippen molar-refractivity contribution in [1.29, 1.82) is 0 Å². The van der Waals surface area contributed by atoms with E-state index >= 15 is 0 Å². The lowest BCUT2D eigenvalue weighted by atomic mass is 9.43. The minimum Gasteiger partial charge on any atom is -0.457 e. The van der Waals surface area contributed by atoms with E-state index in [9.17, 15) is 9.59 Å². The Labute approximate surface area is 180 Å². The van der Waals surface area contributed by atoms with Crippen LogP contribution in [0.5, 0.6) is 0 Å². The Morgan fingerprint density at radius 3 is 2.38 bits per heavy atom. The summed E-state index contributed by atoms with van der Waals surface area (Å²) in [5, 5.41) is 0. The van der Waals surface area contributed by atoms with E-state index in [0.29, 0.717) is 21.0 Å². The zero-order chi connectivity index (χ0) is 20.2. The molecule has 152 valence electrons. The number of rotatable bonds is 5. The Balaban J connectivity index is 1.36. The molecule has 1 aromatic heterocycles. The van der Waals surface area contributed by atoms with E-state index in [-0.39, 0.29) is 23.8 Å². The third-order valence-corrected chi connectivity index (χ3v) is 8.61. The molecule has 4 fully saturated rings. The number of thiophene rings is 1. The summed E-state index contributed by atoms with van der Waals surface area (Å²) >= 11 is 7.15. The maximum absolute atomic E-state index is 13.3. The largest absolute Gasteiger partial charge is 0.457 e. The Bertz CT molecular complexity index is 947. The van der Waals surface area contributed by atoms with Gasteiger partial charge in [-0.3, -0.25) is 9.59 Å². The second-order valence-corrected chi connectivity index (χ2v) is 11.2. The molecule has 4 bridgehead atoms. The fraction of sp³-hybridized carbons (Fsp3) is 0.500. The van der Waals surface area contributed by atoms with Crippen molar-refractivity contribution in [3.05, 3.63) is 56.7 Å². The maximum Gasteiger partial charge on any atom is 0.312 e. The van der Waals surface area contributed by atoms with E-state index in [4.69, 9.17) is 16.3 Å². The molecule has 29 heavy (non-hydrogen) atoms. The van der Waals surface area contributed by atoms with Crippen LogP contribution in [-0.4, -0.2) is 18.4 Å². The molecule has 4 aliphatic carbocycles. The molecule has 0 saturated heterocycles. The second kappa shape index (κ2) is 6.95. The highest BCUT2D eigenvalue weighted by atomic mass is 35.5. The molecule has 6 rings (SSSR count). The average Bonchev–Trinajstić information content (AvgIpc) is 3.11. The zero-order valence-corrected chi connectivity index (χ0v) is 18.2. The number of Topliss-reactive ketones (excluding diaryl/α,β-unsaturated/α-hetero) is 1. The first kappa shape index (κ1) is 19.3. The highest BCUT2D eigenvalue weighted by Crippen LogP contribution is 2.66. The normalized spacial score (nSPS) is 32.3. The molecule has 0 N–H and O–H groups in total. The number of hydrogen-bond donors (Lipinski definition) is 0. The van der Waals surface area contributed by atoms with Crippen molar-refractivity contribution in [2.24, 2.45) is 17.3 Å². The van der Waals surface area contributed by atoms with Crippen LogP contribution in [-0.2, 0) is 14.9 Å². The maximum atomic E-state index is 13.3. The number of esters is 1. The van der Waals surface area contributed by atoms with Gasteiger partial charge >= 0.3 is 5.97 Å². The van der Waals surface area contributed by atoms with Crippen LogP contribution in [0, 0.1) is 24.2 Å². The number of ether oxygens (including phenoxy) is 1. The van der Waals surface area contributed by atoms with Crippen molar-refractivity contribution in [2.75, 3.05) is 6.61 Å². The van der Waals surface area contributed by atoms with Crippen LogP contribution in [0.25, 0.3) is 0 Å². The van der Waals surface area contributed by atoms with Crippen molar-refractivity contribution in [3.63, 3.8) is 0 Å². The summed E-state index contributed by atoms with van der Waals surface area (Å²) < 4.78 is 6.20. The summed E-state index contributed by atoms with van der Waals surface area (Å²) in [6.07, 6.45) is 6.26. The minimum absolute atomic E-state index is 0.0854. The van der Waals surface area contributed by atoms with Gasteiger partial charge in [-0.25, -0.2) is 0 Å². The lowest BCUT2D eigenvalue weighted by molar-refractivity contribution is -0.172. The molecule has 2 atom stereocenters. The van der Waals surface area contributed by atoms with E-state index < -0.39 is 5.41 Å². The monoisotopic (exact) mass is 428 g/mol. The smallest absolute Gasteiger partial charge is 0.312 e. The molecule has 2 aromatic rings. The molecular formula is C24H25ClO3S. The molecule has 0 radical (unpaired) electrons. The van der Waals surface area contributed by atoms with E-state index in [1.807, 2.05) is 0 Å². The van der Waals surface area contributed by atoms with Gasteiger partial charge in [-0.05, 0) is 80.4 Å². The highest BCUT2D eigenvalue weighted by molar-refractivity contribution is 7.18. The standard InChI is InChI=1S/C24H25ClO3S/c1-15-2-4-18(5-3-15)23-9-16-8-17(10-23)12-24(11-16,14-23)22(27)28-13-19(26)20-6-7-21(25)29-20/h2-7,16-17H,8-14H2,1H3. The number of ketones is 1. The number of halogens is 1. The van der Waals surface area contributed by atoms with Gasteiger partial charge in [-0.15, -0.1) is 11.3 Å². The lowest BCUT2D eigenvalue weighted by Crippen LogP contribution is -2.57. The van der Waals surface area contributed by atoms with Gasteiger partial charge in [-0.2, -0.15) is 0 Å². The molecule has 3 nitrogen and oxygen atoms in total. The van der Waals surface area contributed by atoms with E-state index in [2.05, 4.69) is 31.2 Å². The molecule has 1 heterocycles. The fourth-order valence-corrected chi connectivity index (χ4v) is 7.53. The number of carbonyl (C=O) groups is 2. The van der Waals surface area contributed by atoms with Crippen molar-refractivity contribution >= 4 is 34.7 Å². The fourth-order valence-electron chi connectivity index (χ4n) is 6.57. The first-order valence-electron chi connectivity index (χ1n) is 10.4. The first-order valence-corrected chi connectivity index (χ1v) is 11.6. The van der Waals surface area contributed by atoms with Gasteiger partial charge in [0.05, 0.1) is 14.6 Å². The molecule has 0 aliphatic heterocycles. The Morgan fingerprint density at radius 1 is 1.07 bits per heavy atom. The van der Waals surface area contributed by atoms with Gasteiger partial charge in [0.2, 0.25) is 5.78 Å². The zero-order valence-electron chi connectivity index (χ0n) is 16.6. The van der Waals surface area contributed by atoms with Gasteiger partial charge in [0.1, 0.15) is 0 Å². The van der Waals surface area contributed by atoms with Gasteiger partial charge in [0, 0.05) is 0 Å². The lowest BCUT2D eigenvalue weighted by Gasteiger charge is -2.61. The molecule has 0 spiro atoms. The molecule has 0 amide bonds. The number of benzene rings is 1. The van der Waals surface area contributed by atoms with Crippen LogP contribution in [0.4, 0.5) is 0 Å². The van der Waals surface area contributed by atoms with Crippen molar-refractivity contribution in [3.8, 4) is 0 Å². The summed E-state index contributed by atoms with van der Waals surface area (Å²) in [4.78, 5) is 26.2. The summed E-state index contributed by atoms with van der Waals surface area (Å²) in [6, 6.07) is 12.3. The van der Waals surface area contributed by atoms with Crippen LogP contribution in [0.1, 0.15) is 59.3 Å². The predicted octanol–water partition coefficient (Wildman–Crippen LogP) is 5.97. The van der Waals surface area contributed by atoms with Crippen molar-refractivity contribution in [1.82, 2.24) is 0 Å². The van der Waals surface area contributed by atoms with Crippen molar-refractivity contribution < 1.29 is 14.3 Å².